The van der Waals surface area contributed by atoms with E-state index in [2.05, 4.69) is 138 Å². The first-order valence-corrected chi connectivity index (χ1v) is 21.3. The van der Waals surface area contributed by atoms with Crippen LogP contribution < -0.4 is 0 Å². The van der Waals surface area contributed by atoms with Crippen LogP contribution in [0.15, 0.2) is 140 Å². The van der Waals surface area contributed by atoms with Gasteiger partial charge in [0.05, 0.1) is 40.9 Å². The summed E-state index contributed by atoms with van der Waals surface area (Å²) in [5.41, 5.74) is 13.3. The summed E-state index contributed by atoms with van der Waals surface area (Å²) in [7, 11) is 0. The van der Waals surface area contributed by atoms with E-state index in [9.17, 15) is 0 Å². The molecule has 0 saturated heterocycles. The van der Waals surface area contributed by atoms with E-state index in [1.54, 1.807) is 0 Å². The molecule has 0 bridgehead atoms. The van der Waals surface area contributed by atoms with E-state index >= 15 is 0 Å². The van der Waals surface area contributed by atoms with Crippen molar-refractivity contribution in [3.63, 3.8) is 0 Å². The summed E-state index contributed by atoms with van der Waals surface area (Å²) in [6.45, 7) is 26.0. The third kappa shape index (κ3) is 6.47. The Balaban J connectivity index is 1.22. The highest BCUT2D eigenvalue weighted by Crippen LogP contribution is 2.46. The first kappa shape index (κ1) is 39.0. The van der Waals surface area contributed by atoms with Gasteiger partial charge in [0, 0.05) is 43.9 Å². The molecule has 0 saturated carbocycles. The van der Waals surface area contributed by atoms with Gasteiger partial charge in [0.15, 0.2) is 23.0 Å². The lowest BCUT2D eigenvalue weighted by molar-refractivity contribution is 0.928. The highest BCUT2D eigenvalue weighted by atomic mass is 15.0. The quantitative estimate of drug-likeness (QED) is 0.155. The molecule has 4 aromatic heterocycles. The summed E-state index contributed by atoms with van der Waals surface area (Å²) in [6, 6.07) is 48.0. The molecule has 11 rings (SSSR count). The molecular weight excluding hydrogens is 801 g/mol. The van der Waals surface area contributed by atoms with Gasteiger partial charge in [-0.25, -0.2) is 39.6 Å². The summed E-state index contributed by atoms with van der Waals surface area (Å²) >= 11 is 0. The molecule has 65 heavy (non-hydrogen) atoms. The zero-order valence-corrected chi connectivity index (χ0v) is 36.3. The predicted molar refractivity (Wildman–Crippen MR) is 260 cm³/mol. The molecule has 10 nitrogen and oxygen atoms in total. The number of rotatable bonds is 6. The Kier molecular flexibility index (Phi) is 9.12. The molecule has 4 heterocycles. The van der Waals surface area contributed by atoms with E-state index in [0.29, 0.717) is 46.3 Å². The summed E-state index contributed by atoms with van der Waals surface area (Å²) in [6.07, 6.45) is 0. The van der Waals surface area contributed by atoms with Crippen LogP contribution in [0, 0.1) is 47.8 Å². The summed E-state index contributed by atoms with van der Waals surface area (Å²) in [5.74, 6) is 3.94. The molecule has 11 aromatic rings. The largest absolute Gasteiger partial charge is 0.310 e. The van der Waals surface area contributed by atoms with Crippen molar-refractivity contribution in [1.82, 2.24) is 39.0 Å². The van der Waals surface area contributed by atoms with Crippen LogP contribution in [0.5, 0.6) is 0 Å². The maximum absolute atomic E-state index is 8.72. The molecule has 0 atom stereocenters. The van der Waals surface area contributed by atoms with Crippen LogP contribution in [0.25, 0.3) is 110 Å². The normalized spacial score (nSPS) is 11.4. The van der Waals surface area contributed by atoms with Crippen LogP contribution in [-0.2, 0) is 0 Å². The molecule has 0 aliphatic heterocycles. The Morgan fingerprint density at radius 3 is 1.46 bits per heavy atom. The average Bonchev–Trinajstić information content (AvgIpc) is 3.82. The van der Waals surface area contributed by atoms with E-state index in [1.807, 2.05) is 65.0 Å². The van der Waals surface area contributed by atoms with Crippen LogP contribution >= 0.6 is 0 Å². The maximum atomic E-state index is 8.72. The van der Waals surface area contributed by atoms with E-state index in [0.717, 1.165) is 93.9 Å². The Morgan fingerprint density at radius 2 is 0.923 bits per heavy atom. The highest BCUT2D eigenvalue weighted by Gasteiger charge is 2.24. The van der Waals surface area contributed by atoms with Crippen LogP contribution in [-0.4, -0.2) is 39.0 Å². The van der Waals surface area contributed by atoms with Gasteiger partial charge in [-0.1, -0.05) is 78.4 Å². The zero-order chi connectivity index (χ0) is 44.5. The summed E-state index contributed by atoms with van der Waals surface area (Å²) in [5, 5.41) is 4.24. The number of para-hydroxylation sites is 2. The fourth-order valence-corrected chi connectivity index (χ4v) is 9.46. The van der Waals surface area contributed by atoms with Gasteiger partial charge in [-0.05, 0) is 118 Å². The second kappa shape index (κ2) is 15.2. The van der Waals surface area contributed by atoms with Crippen molar-refractivity contribution >= 4 is 55.0 Å². The lowest BCUT2D eigenvalue weighted by atomic mass is 9.93. The van der Waals surface area contributed by atoms with E-state index in [1.165, 1.54) is 0 Å². The molecule has 0 radical (unpaired) electrons. The van der Waals surface area contributed by atoms with Crippen molar-refractivity contribution in [3.8, 4) is 56.4 Å². The number of nitrogens with zero attached hydrogens (tertiary/aromatic N) is 10. The number of benzene rings is 7. The SMILES string of the molecule is [C-]#[N+]c1ccc(-c2ccc(-n3c4ccccc4c4cc(-c5nc(C)nc(C)n5)ccc43)c(-c3c([N+]#[C-])cccc3-n3c4ccccc4c4cc(-c5nc(C)nc(C)n5)ccc43)c2)c(C)c1. The van der Waals surface area contributed by atoms with Gasteiger partial charge < -0.3 is 9.13 Å². The maximum Gasteiger partial charge on any atom is 0.197 e. The molecule has 0 fully saturated rings. The van der Waals surface area contributed by atoms with Gasteiger partial charge in [-0.15, -0.1) is 0 Å². The standard InChI is InChI=1S/C55H38N10/c1-31-27-39(56-6)22-23-40(31)36-19-24-51(64-47-16-10-8-13-41(47)43-29-37(20-25-49(43)64)54-60-32(2)58-33(3)61-54)45(28-36)53-46(57-7)15-12-18-52(53)65-48-17-11-9-14-42(48)44-30-38(21-26-50(44)65)55-62-34(4)59-35(5)63-55/h8-30H,1-5H3. The second-order valence-corrected chi connectivity index (χ2v) is 16.3. The Hall–Kier alpha value is -8.86. The molecule has 0 unspecified atom stereocenters. The number of hydrogen-bond acceptors (Lipinski definition) is 6. The van der Waals surface area contributed by atoms with Gasteiger partial charge in [0.2, 0.25) is 0 Å². The van der Waals surface area contributed by atoms with Crippen molar-refractivity contribution in [2.75, 3.05) is 0 Å². The minimum absolute atomic E-state index is 0.517. The zero-order valence-electron chi connectivity index (χ0n) is 36.3. The van der Waals surface area contributed by atoms with Gasteiger partial charge in [0.25, 0.3) is 0 Å². The third-order valence-corrected chi connectivity index (χ3v) is 12.1. The lowest BCUT2D eigenvalue weighted by Gasteiger charge is -2.21. The molecule has 10 heteroatoms. The van der Waals surface area contributed by atoms with Gasteiger partial charge >= 0.3 is 0 Å². The highest BCUT2D eigenvalue weighted by molar-refractivity contribution is 6.13. The number of aryl methyl sites for hydroxylation is 5. The van der Waals surface area contributed by atoms with Crippen molar-refractivity contribution in [1.29, 1.82) is 0 Å². The minimum atomic E-state index is 0.517. The van der Waals surface area contributed by atoms with Gasteiger partial charge in [-0.3, -0.25) is 0 Å². The summed E-state index contributed by atoms with van der Waals surface area (Å²) in [4.78, 5) is 35.6. The average molecular weight is 839 g/mol. The molecule has 0 N–H and O–H groups in total. The smallest absolute Gasteiger partial charge is 0.197 e. The number of aromatic nitrogens is 8. The van der Waals surface area contributed by atoms with Crippen molar-refractivity contribution in [2.45, 2.75) is 34.6 Å². The monoisotopic (exact) mass is 838 g/mol. The van der Waals surface area contributed by atoms with E-state index < -0.39 is 0 Å². The molecule has 0 spiro atoms. The fraction of sp³-hybridized carbons (Fsp3) is 0.0909. The van der Waals surface area contributed by atoms with Crippen molar-refractivity contribution in [3.05, 3.63) is 191 Å². The lowest BCUT2D eigenvalue weighted by Crippen LogP contribution is -2.02. The van der Waals surface area contributed by atoms with Gasteiger partial charge in [-0.2, -0.15) is 0 Å². The molecule has 7 aromatic carbocycles. The molecule has 0 aliphatic carbocycles. The first-order valence-electron chi connectivity index (χ1n) is 21.3. The minimum Gasteiger partial charge on any atom is -0.310 e. The van der Waals surface area contributed by atoms with Crippen LogP contribution in [0.3, 0.4) is 0 Å². The number of fused-ring (bicyclic) bond motifs is 6. The molecular formula is C55H38N10. The first-order chi connectivity index (χ1) is 31.7. The van der Waals surface area contributed by atoms with E-state index in [4.69, 9.17) is 33.1 Å². The van der Waals surface area contributed by atoms with E-state index in [-0.39, 0.29) is 0 Å². The fourth-order valence-electron chi connectivity index (χ4n) is 9.46. The molecule has 0 amide bonds. The topological polar surface area (TPSA) is 95.9 Å². The molecule has 0 aliphatic rings. The van der Waals surface area contributed by atoms with Crippen molar-refractivity contribution in [2.24, 2.45) is 0 Å². The predicted octanol–water partition coefficient (Wildman–Crippen LogP) is 13.6. The van der Waals surface area contributed by atoms with Crippen LogP contribution in [0.2, 0.25) is 0 Å². The second-order valence-electron chi connectivity index (χ2n) is 16.3. The summed E-state index contributed by atoms with van der Waals surface area (Å²) < 4.78 is 4.60. The van der Waals surface area contributed by atoms with Crippen molar-refractivity contribution < 1.29 is 0 Å². The Morgan fingerprint density at radius 1 is 0.400 bits per heavy atom. The number of hydrogen-bond donors (Lipinski definition) is 0. The van der Waals surface area contributed by atoms with Crippen LogP contribution in [0.1, 0.15) is 28.9 Å². The molecule has 308 valence electrons. The third-order valence-electron chi connectivity index (χ3n) is 12.1. The Bertz CT molecular complexity index is 3840. The van der Waals surface area contributed by atoms with Gasteiger partial charge in [0.1, 0.15) is 23.3 Å². The Labute approximate surface area is 374 Å². The van der Waals surface area contributed by atoms with Crippen LogP contribution in [0.4, 0.5) is 11.4 Å².